The van der Waals surface area contributed by atoms with Crippen molar-refractivity contribution in [2.75, 3.05) is 0 Å². The van der Waals surface area contributed by atoms with Gasteiger partial charge < -0.3 is 0 Å². The van der Waals surface area contributed by atoms with Crippen LogP contribution in [0.25, 0.3) is 5.57 Å². The molecule has 0 radical (unpaired) electrons. The lowest BCUT2D eigenvalue weighted by atomic mass is 9.77. The number of aryl methyl sites for hydroxylation is 2. The summed E-state index contributed by atoms with van der Waals surface area (Å²) in [6, 6.07) is 12.4. The minimum atomic E-state index is -0.0370. The van der Waals surface area contributed by atoms with E-state index in [9.17, 15) is 4.79 Å². The average Bonchev–Trinajstić information content (AvgIpc) is 2.51. The van der Waals surface area contributed by atoms with Crippen molar-refractivity contribution in [2.45, 2.75) is 53.4 Å². The van der Waals surface area contributed by atoms with Crippen LogP contribution in [0.5, 0.6) is 0 Å². The monoisotopic (exact) mass is 354 g/mol. The largest absolute Gasteiger partial charge is 0.295 e. The van der Waals surface area contributed by atoms with Crippen molar-refractivity contribution < 1.29 is 4.79 Å². The Kier molecular flexibility index (Phi) is 5.90. The topological polar surface area (TPSA) is 17.1 Å². The van der Waals surface area contributed by atoms with E-state index in [1.807, 2.05) is 19.1 Å². The fourth-order valence-electron chi connectivity index (χ4n) is 3.33. The molecule has 0 bridgehead atoms. The number of ketones is 1. The molecule has 0 saturated carbocycles. The van der Waals surface area contributed by atoms with Crippen molar-refractivity contribution in [3.05, 3.63) is 75.3 Å². The van der Waals surface area contributed by atoms with Crippen LogP contribution >= 0.6 is 11.6 Å². The van der Waals surface area contributed by atoms with Gasteiger partial charge in [-0.3, -0.25) is 4.79 Å². The second kappa shape index (κ2) is 7.58. The molecular weight excluding hydrogens is 328 g/mol. The molecule has 0 aliphatic rings. The summed E-state index contributed by atoms with van der Waals surface area (Å²) >= 11 is 6.26. The van der Waals surface area contributed by atoms with E-state index in [4.69, 9.17) is 11.6 Å². The fraction of sp³-hybridized carbons (Fsp3) is 0.348. The molecule has 0 N–H and O–H groups in total. The summed E-state index contributed by atoms with van der Waals surface area (Å²) < 4.78 is 0. The first-order valence-corrected chi connectivity index (χ1v) is 9.06. The van der Waals surface area contributed by atoms with Gasteiger partial charge in [0.15, 0.2) is 5.78 Å². The maximum atomic E-state index is 11.7. The van der Waals surface area contributed by atoms with Gasteiger partial charge in [0.25, 0.3) is 0 Å². The Balaban J connectivity index is 2.36. The third kappa shape index (κ3) is 4.61. The Bertz CT molecular complexity index is 808. The Labute approximate surface area is 156 Å². The first-order chi connectivity index (χ1) is 11.6. The van der Waals surface area contributed by atoms with E-state index < -0.39 is 0 Å². The van der Waals surface area contributed by atoms with Crippen molar-refractivity contribution in [2.24, 2.45) is 0 Å². The fourth-order valence-corrected chi connectivity index (χ4v) is 3.62. The average molecular weight is 355 g/mol. The summed E-state index contributed by atoms with van der Waals surface area (Å²) in [6.07, 6.45) is 3.07. The number of allylic oxidation sites excluding steroid dienone is 2. The van der Waals surface area contributed by atoms with Gasteiger partial charge in [-0.2, -0.15) is 0 Å². The highest BCUT2D eigenvalue weighted by Crippen LogP contribution is 2.36. The van der Waals surface area contributed by atoms with Gasteiger partial charge in [-0.05, 0) is 79.5 Å². The molecule has 0 spiro atoms. The molecule has 2 aromatic rings. The second-order valence-corrected chi connectivity index (χ2v) is 7.91. The molecule has 132 valence electrons. The van der Waals surface area contributed by atoms with Gasteiger partial charge in [0.2, 0.25) is 0 Å². The molecule has 25 heavy (non-hydrogen) atoms. The molecule has 0 atom stereocenters. The van der Waals surface area contributed by atoms with Crippen LogP contribution < -0.4 is 0 Å². The molecule has 0 aromatic heterocycles. The lowest BCUT2D eigenvalue weighted by Gasteiger charge is -2.28. The third-order valence-corrected chi connectivity index (χ3v) is 5.00. The van der Waals surface area contributed by atoms with Gasteiger partial charge in [-0.1, -0.05) is 55.8 Å². The van der Waals surface area contributed by atoms with Crippen LogP contribution in [0.2, 0.25) is 5.02 Å². The number of rotatable bonds is 5. The summed E-state index contributed by atoms with van der Waals surface area (Å²) in [4.78, 5) is 11.7. The molecule has 0 heterocycles. The zero-order valence-electron chi connectivity index (χ0n) is 16.0. The Hall–Kier alpha value is -1.86. The normalized spacial score (nSPS) is 12.4. The van der Waals surface area contributed by atoms with Gasteiger partial charge in [-0.15, -0.1) is 0 Å². The van der Waals surface area contributed by atoms with Crippen molar-refractivity contribution in [1.29, 1.82) is 0 Å². The first kappa shape index (κ1) is 19.5. The van der Waals surface area contributed by atoms with E-state index in [0.717, 1.165) is 22.6 Å². The number of hydrogen-bond acceptors (Lipinski definition) is 1. The minimum Gasteiger partial charge on any atom is -0.295 e. The van der Waals surface area contributed by atoms with Crippen LogP contribution in [0.1, 0.15) is 66.7 Å². The van der Waals surface area contributed by atoms with Crippen molar-refractivity contribution >= 4 is 23.0 Å². The molecule has 0 saturated heterocycles. The van der Waals surface area contributed by atoms with Gasteiger partial charge in [-0.25, -0.2) is 0 Å². The summed E-state index contributed by atoms with van der Waals surface area (Å²) in [7, 11) is 0. The number of carbonyl (C=O) groups is 1. The standard InChI is InChI=1S/C23H27ClO/c1-7-18(19-8-9-22(17(4)25)16(3)12-19)14-23(5,6)20-10-15(2)11-21(24)13-20/h7-13H,14H2,1-6H3. The summed E-state index contributed by atoms with van der Waals surface area (Å²) in [5.74, 6) is 0.112. The van der Waals surface area contributed by atoms with Crippen LogP contribution in [-0.2, 0) is 5.41 Å². The molecule has 0 fully saturated rings. The number of Topliss-reactive ketones (excluding diaryl/α,β-unsaturated/α-hetero) is 1. The van der Waals surface area contributed by atoms with E-state index in [2.05, 4.69) is 58.0 Å². The number of carbonyl (C=O) groups excluding carboxylic acids is 1. The molecule has 2 heteroatoms. The predicted molar refractivity (Wildman–Crippen MR) is 109 cm³/mol. The molecular formula is C23H27ClO. The number of benzene rings is 2. The zero-order chi connectivity index (χ0) is 18.8. The van der Waals surface area contributed by atoms with E-state index in [1.165, 1.54) is 22.3 Å². The van der Waals surface area contributed by atoms with E-state index in [0.29, 0.717) is 0 Å². The van der Waals surface area contributed by atoms with Gasteiger partial charge in [0.1, 0.15) is 0 Å². The summed E-state index contributed by atoms with van der Waals surface area (Å²) in [5.41, 5.74) is 6.67. The SMILES string of the molecule is CC=C(CC(C)(C)c1cc(C)cc(Cl)c1)c1ccc(C(C)=O)c(C)c1. The van der Waals surface area contributed by atoms with Crippen LogP contribution in [0.4, 0.5) is 0 Å². The molecule has 0 aliphatic carbocycles. The van der Waals surface area contributed by atoms with Crippen LogP contribution in [-0.4, -0.2) is 5.78 Å². The van der Waals surface area contributed by atoms with Gasteiger partial charge >= 0.3 is 0 Å². The highest BCUT2D eigenvalue weighted by atomic mass is 35.5. The molecule has 0 unspecified atom stereocenters. The lowest BCUT2D eigenvalue weighted by Crippen LogP contribution is -2.18. The maximum absolute atomic E-state index is 11.7. The predicted octanol–water partition coefficient (Wildman–Crippen LogP) is 6.93. The summed E-state index contributed by atoms with van der Waals surface area (Å²) in [6.45, 7) is 12.3. The highest BCUT2D eigenvalue weighted by Gasteiger charge is 2.23. The van der Waals surface area contributed by atoms with Gasteiger partial charge in [0.05, 0.1) is 0 Å². The number of hydrogen-bond donors (Lipinski definition) is 0. The molecule has 0 amide bonds. The van der Waals surface area contributed by atoms with Crippen LogP contribution in [0.15, 0.2) is 42.5 Å². The van der Waals surface area contributed by atoms with E-state index in [-0.39, 0.29) is 11.2 Å². The third-order valence-electron chi connectivity index (χ3n) is 4.78. The van der Waals surface area contributed by atoms with Crippen molar-refractivity contribution in [3.8, 4) is 0 Å². The first-order valence-electron chi connectivity index (χ1n) is 8.69. The Morgan fingerprint density at radius 2 is 1.80 bits per heavy atom. The van der Waals surface area contributed by atoms with Crippen LogP contribution in [0.3, 0.4) is 0 Å². The van der Waals surface area contributed by atoms with E-state index in [1.54, 1.807) is 6.92 Å². The summed E-state index contributed by atoms with van der Waals surface area (Å²) in [5, 5.41) is 0.784. The van der Waals surface area contributed by atoms with Crippen molar-refractivity contribution in [3.63, 3.8) is 0 Å². The Morgan fingerprint density at radius 3 is 2.32 bits per heavy atom. The molecule has 2 aromatic carbocycles. The number of halogens is 1. The van der Waals surface area contributed by atoms with Gasteiger partial charge in [0, 0.05) is 10.6 Å². The zero-order valence-corrected chi connectivity index (χ0v) is 16.8. The lowest BCUT2D eigenvalue weighted by molar-refractivity contribution is 0.101. The molecule has 0 aliphatic heterocycles. The van der Waals surface area contributed by atoms with E-state index >= 15 is 0 Å². The second-order valence-electron chi connectivity index (χ2n) is 7.48. The Morgan fingerprint density at radius 1 is 1.12 bits per heavy atom. The minimum absolute atomic E-state index is 0.0370. The molecule has 2 rings (SSSR count). The van der Waals surface area contributed by atoms with Crippen molar-refractivity contribution in [1.82, 2.24) is 0 Å². The maximum Gasteiger partial charge on any atom is 0.160 e. The quantitative estimate of drug-likeness (QED) is 0.532. The smallest absolute Gasteiger partial charge is 0.160 e. The molecule has 1 nitrogen and oxygen atoms in total. The van der Waals surface area contributed by atoms with Crippen LogP contribution in [0, 0.1) is 13.8 Å². The highest BCUT2D eigenvalue weighted by molar-refractivity contribution is 6.30.